The quantitative estimate of drug-likeness (QED) is 0.388. The Bertz CT molecular complexity index is 914. The maximum Gasteiger partial charge on any atom is 0.293 e. The molecule has 0 fully saturated rings. The lowest BCUT2D eigenvalue weighted by molar-refractivity contribution is -0.118. The summed E-state index contributed by atoms with van der Waals surface area (Å²) in [5.41, 5.74) is 1.18. The number of nitrogens with one attached hydrogen (secondary N) is 2. The van der Waals surface area contributed by atoms with E-state index in [0.717, 1.165) is 6.42 Å². The van der Waals surface area contributed by atoms with Crippen LogP contribution in [0, 0.1) is 0 Å². The molecule has 27 heavy (non-hydrogen) atoms. The number of aromatic nitrogens is 2. The third-order valence-electron chi connectivity index (χ3n) is 3.33. The van der Waals surface area contributed by atoms with Crippen LogP contribution in [0.25, 0.3) is 0 Å². The topological polar surface area (TPSA) is 97.1 Å². The van der Waals surface area contributed by atoms with E-state index in [-0.39, 0.29) is 17.4 Å². The first-order valence-electron chi connectivity index (χ1n) is 7.94. The molecule has 0 aliphatic heterocycles. The van der Waals surface area contributed by atoms with Crippen LogP contribution in [0.3, 0.4) is 0 Å². The van der Waals surface area contributed by atoms with Crippen LogP contribution in [-0.2, 0) is 11.2 Å². The van der Waals surface area contributed by atoms with Gasteiger partial charge in [-0.2, -0.15) is 0 Å². The van der Waals surface area contributed by atoms with Gasteiger partial charge in [0.1, 0.15) is 0 Å². The SMILES string of the molecule is O=C(CSc1nnc(NC(=O)c2ccc(Br)o2)s1)NCCc1ccccc1. The van der Waals surface area contributed by atoms with Crippen LogP contribution in [-0.4, -0.2) is 34.3 Å². The molecule has 1 aromatic carbocycles. The van der Waals surface area contributed by atoms with Gasteiger partial charge in [-0.15, -0.1) is 10.2 Å². The summed E-state index contributed by atoms with van der Waals surface area (Å²) in [7, 11) is 0. The molecule has 0 saturated carbocycles. The second-order valence-electron chi connectivity index (χ2n) is 5.31. The third-order valence-corrected chi connectivity index (χ3v) is 5.73. The number of hydrogen-bond donors (Lipinski definition) is 2. The molecular weight excluding hydrogens is 452 g/mol. The fourth-order valence-corrected chi connectivity index (χ4v) is 3.97. The highest BCUT2D eigenvalue weighted by Crippen LogP contribution is 2.26. The maximum atomic E-state index is 12.0. The Morgan fingerprint density at radius 1 is 1.15 bits per heavy atom. The van der Waals surface area contributed by atoms with Crippen LogP contribution in [0.4, 0.5) is 5.13 Å². The number of rotatable bonds is 8. The number of furan rings is 1. The third kappa shape index (κ3) is 6.19. The van der Waals surface area contributed by atoms with Gasteiger partial charge in [-0.3, -0.25) is 14.9 Å². The maximum absolute atomic E-state index is 12.0. The van der Waals surface area contributed by atoms with Crippen molar-refractivity contribution in [3.05, 3.63) is 58.5 Å². The van der Waals surface area contributed by atoms with Gasteiger partial charge in [0.2, 0.25) is 11.0 Å². The van der Waals surface area contributed by atoms with Gasteiger partial charge in [-0.05, 0) is 40.0 Å². The van der Waals surface area contributed by atoms with E-state index < -0.39 is 5.91 Å². The molecular formula is C17H15BrN4O3S2. The first kappa shape index (κ1) is 19.6. The summed E-state index contributed by atoms with van der Waals surface area (Å²) in [5.74, 6) is -0.0732. The molecule has 0 saturated heterocycles. The Labute approximate surface area is 172 Å². The predicted octanol–water partition coefficient (Wildman–Crippen LogP) is 3.60. The molecule has 10 heteroatoms. The first-order valence-corrected chi connectivity index (χ1v) is 10.5. The van der Waals surface area contributed by atoms with Gasteiger partial charge in [0.15, 0.2) is 14.8 Å². The van der Waals surface area contributed by atoms with Crippen molar-refractivity contribution in [3.63, 3.8) is 0 Å². The molecule has 0 spiro atoms. The van der Waals surface area contributed by atoms with Gasteiger partial charge < -0.3 is 9.73 Å². The molecule has 2 N–H and O–H groups in total. The lowest BCUT2D eigenvalue weighted by Crippen LogP contribution is -2.27. The van der Waals surface area contributed by atoms with Crippen molar-refractivity contribution in [3.8, 4) is 0 Å². The average molecular weight is 467 g/mol. The fourth-order valence-electron chi connectivity index (χ4n) is 2.08. The van der Waals surface area contributed by atoms with Crippen LogP contribution in [0.15, 0.2) is 55.9 Å². The number of carbonyl (C=O) groups excluding carboxylic acids is 2. The van der Waals surface area contributed by atoms with E-state index in [4.69, 9.17) is 4.42 Å². The second-order valence-corrected chi connectivity index (χ2v) is 8.29. The largest absolute Gasteiger partial charge is 0.444 e. The summed E-state index contributed by atoms with van der Waals surface area (Å²) in [4.78, 5) is 23.9. The van der Waals surface area contributed by atoms with Crippen LogP contribution < -0.4 is 10.6 Å². The van der Waals surface area contributed by atoms with E-state index in [2.05, 4.69) is 36.8 Å². The monoisotopic (exact) mass is 466 g/mol. The molecule has 3 rings (SSSR count). The predicted molar refractivity (Wildman–Crippen MR) is 108 cm³/mol. The Hall–Kier alpha value is -2.17. The number of hydrogen-bond acceptors (Lipinski definition) is 7. The van der Waals surface area contributed by atoms with Crippen LogP contribution in [0.1, 0.15) is 16.1 Å². The normalized spacial score (nSPS) is 10.6. The average Bonchev–Trinajstić information content (AvgIpc) is 3.30. The minimum atomic E-state index is -0.410. The molecule has 7 nitrogen and oxygen atoms in total. The zero-order valence-electron chi connectivity index (χ0n) is 14.0. The standard InChI is InChI=1S/C17H15BrN4O3S2/c18-13-7-6-12(25-13)15(24)20-16-21-22-17(27-16)26-10-14(23)19-9-8-11-4-2-1-3-5-11/h1-7H,8-10H2,(H,19,23)(H,20,21,24). The number of amides is 2. The number of carbonyl (C=O) groups is 2. The summed E-state index contributed by atoms with van der Waals surface area (Å²) in [5, 5.41) is 13.7. The molecule has 2 aromatic heterocycles. The highest BCUT2D eigenvalue weighted by atomic mass is 79.9. The van der Waals surface area contributed by atoms with Gasteiger partial charge in [0.25, 0.3) is 5.91 Å². The molecule has 0 aliphatic rings. The number of anilines is 1. The summed E-state index contributed by atoms with van der Waals surface area (Å²) >= 11 is 5.62. The minimum Gasteiger partial charge on any atom is -0.444 e. The molecule has 2 heterocycles. The minimum absolute atomic E-state index is 0.0721. The van der Waals surface area contributed by atoms with E-state index in [0.29, 0.717) is 20.7 Å². The van der Waals surface area contributed by atoms with Gasteiger partial charge in [-0.25, -0.2) is 0 Å². The number of thioether (sulfide) groups is 1. The Kier molecular flexibility index (Phi) is 7.02. The van der Waals surface area contributed by atoms with Crippen molar-refractivity contribution < 1.29 is 14.0 Å². The van der Waals surface area contributed by atoms with Crippen molar-refractivity contribution in [2.24, 2.45) is 0 Å². The molecule has 0 aliphatic carbocycles. The van der Waals surface area contributed by atoms with Crippen molar-refractivity contribution in [1.82, 2.24) is 15.5 Å². The summed E-state index contributed by atoms with van der Waals surface area (Å²) in [6, 6.07) is 13.2. The van der Waals surface area contributed by atoms with E-state index in [9.17, 15) is 9.59 Å². The van der Waals surface area contributed by atoms with Gasteiger partial charge in [0, 0.05) is 6.54 Å². The smallest absolute Gasteiger partial charge is 0.293 e. The highest BCUT2D eigenvalue weighted by Gasteiger charge is 2.14. The van der Waals surface area contributed by atoms with E-state index in [1.165, 1.54) is 28.7 Å². The van der Waals surface area contributed by atoms with Crippen LogP contribution in [0.5, 0.6) is 0 Å². The lowest BCUT2D eigenvalue weighted by Gasteiger charge is -2.04. The zero-order chi connectivity index (χ0) is 19.1. The number of halogens is 1. The lowest BCUT2D eigenvalue weighted by atomic mass is 10.1. The summed E-state index contributed by atoms with van der Waals surface area (Å²) in [6.07, 6.45) is 0.787. The number of benzene rings is 1. The van der Waals surface area contributed by atoms with Crippen LogP contribution in [0.2, 0.25) is 0 Å². The Morgan fingerprint density at radius 3 is 2.70 bits per heavy atom. The number of nitrogens with zero attached hydrogens (tertiary/aromatic N) is 2. The molecule has 0 atom stereocenters. The van der Waals surface area contributed by atoms with Gasteiger partial charge in [0.05, 0.1) is 5.75 Å². The highest BCUT2D eigenvalue weighted by molar-refractivity contribution is 9.10. The Morgan fingerprint density at radius 2 is 1.96 bits per heavy atom. The molecule has 2 amide bonds. The van der Waals surface area contributed by atoms with E-state index in [1.54, 1.807) is 12.1 Å². The van der Waals surface area contributed by atoms with Gasteiger partial charge in [-0.1, -0.05) is 53.4 Å². The fraction of sp³-hybridized carbons (Fsp3) is 0.176. The molecule has 0 bridgehead atoms. The van der Waals surface area contributed by atoms with Crippen LogP contribution >= 0.6 is 39.0 Å². The Balaban J connectivity index is 1.40. The van der Waals surface area contributed by atoms with Crippen molar-refractivity contribution >= 4 is 56.0 Å². The van der Waals surface area contributed by atoms with Gasteiger partial charge >= 0.3 is 0 Å². The van der Waals surface area contributed by atoms with Crippen molar-refractivity contribution in [2.75, 3.05) is 17.6 Å². The first-order chi connectivity index (χ1) is 13.1. The molecule has 0 radical (unpaired) electrons. The molecule has 3 aromatic rings. The summed E-state index contributed by atoms with van der Waals surface area (Å²) in [6.45, 7) is 0.583. The van der Waals surface area contributed by atoms with Crippen molar-refractivity contribution in [2.45, 2.75) is 10.8 Å². The zero-order valence-corrected chi connectivity index (χ0v) is 17.2. The molecule has 0 unspecified atom stereocenters. The summed E-state index contributed by atoms with van der Waals surface area (Å²) < 4.78 is 6.25. The van der Waals surface area contributed by atoms with E-state index >= 15 is 0 Å². The molecule has 140 valence electrons. The van der Waals surface area contributed by atoms with E-state index in [1.807, 2.05) is 30.3 Å². The second kappa shape index (κ2) is 9.67. The van der Waals surface area contributed by atoms with Crippen molar-refractivity contribution in [1.29, 1.82) is 0 Å².